The summed E-state index contributed by atoms with van der Waals surface area (Å²) in [4.78, 5) is 74.8. The molecule has 4 aromatic heterocycles. The lowest BCUT2D eigenvalue weighted by molar-refractivity contribution is -0.136. The summed E-state index contributed by atoms with van der Waals surface area (Å²) in [5, 5.41) is 5.45. The standard InChI is InChI=1S/C42H48N8O6S2/c1-21(2)33(47-41(53)55-5)39(51)49-17-9-15-27(49)37-43-25-13-7-11-23(35(25)45-37)29-19-31-32(57-29)20-30(58-31)24-12-8-14-26-36(24)46-38(44-26)28-16-10-18-50(28)40(52)34(22(3)4)48-42(54)56-6/h7-8,11-14,19-22,27-28,33-34H,9-10,15-18H2,1-6H3,(H,43,45)(H,44,46)(H,47,53)(H,48,54)/t27?,28?,33-,34-/m0/s1. The number of H-pyrrole nitrogens is 2. The predicted molar refractivity (Wildman–Crippen MR) is 226 cm³/mol. The van der Waals surface area contributed by atoms with E-state index in [2.05, 4.69) is 44.9 Å². The lowest BCUT2D eigenvalue weighted by Crippen LogP contribution is -2.51. The number of carbonyl (C=O) groups excluding carboxylic acids is 4. The molecule has 0 aliphatic carbocycles. The molecular weight excluding hydrogens is 777 g/mol. The quantitative estimate of drug-likeness (QED) is 0.107. The number of rotatable bonds is 10. The number of amides is 4. The van der Waals surface area contributed by atoms with Crippen molar-refractivity contribution in [2.24, 2.45) is 11.8 Å². The summed E-state index contributed by atoms with van der Waals surface area (Å²) < 4.78 is 11.9. The van der Waals surface area contributed by atoms with E-state index in [0.717, 1.165) is 89.7 Å². The molecule has 0 spiro atoms. The number of thiophene rings is 2. The van der Waals surface area contributed by atoms with Gasteiger partial charge in [0.15, 0.2) is 0 Å². The molecule has 0 bridgehead atoms. The van der Waals surface area contributed by atoms with Gasteiger partial charge in [0.2, 0.25) is 11.8 Å². The average Bonchev–Trinajstić information content (AvgIpc) is 4.06. The van der Waals surface area contributed by atoms with Crippen LogP contribution in [0.4, 0.5) is 9.59 Å². The maximum atomic E-state index is 13.8. The third-order valence-corrected chi connectivity index (χ3v) is 13.6. The van der Waals surface area contributed by atoms with E-state index < -0.39 is 24.3 Å². The maximum absolute atomic E-state index is 13.8. The number of aromatic amines is 2. The lowest BCUT2D eigenvalue weighted by Gasteiger charge is -2.29. The van der Waals surface area contributed by atoms with Crippen molar-refractivity contribution in [3.05, 3.63) is 60.2 Å². The molecule has 4 amide bonds. The Morgan fingerprint density at radius 1 is 0.690 bits per heavy atom. The first-order chi connectivity index (χ1) is 27.9. The van der Waals surface area contributed by atoms with Crippen molar-refractivity contribution in [1.82, 2.24) is 40.4 Å². The first-order valence-electron chi connectivity index (χ1n) is 19.8. The van der Waals surface area contributed by atoms with Crippen molar-refractivity contribution in [2.45, 2.75) is 77.5 Å². The second-order valence-electron chi connectivity index (χ2n) is 15.7. The van der Waals surface area contributed by atoms with Gasteiger partial charge in [0.1, 0.15) is 23.7 Å². The average molecular weight is 825 g/mol. The number of hydrogen-bond acceptors (Lipinski definition) is 10. The van der Waals surface area contributed by atoms with Gasteiger partial charge < -0.3 is 39.9 Å². The highest BCUT2D eigenvalue weighted by atomic mass is 32.1. The normalized spacial score (nSPS) is 18.1. The van der Waals surface area contributed by atoms with E-state index in [4.69, 9.17) is 19.4 Å². The van der Waals surface area contributed by atoms with E-state index >= 15 is 0 Å². The van der Waals surface area contributed by atoms with Crippen molar-refractivity contribution < 1.29 is 28.7 Å². The Morgan fingerprint density at radius 2 is 1.10 bits per heavy atom. The largest absolute Gasteiger partial charge is 0.453 e. The monoisotopic (exact) mass is 824 g/mol. The number of nitrogens with zero attached hydrogens (tertiary/aromatic N) is 4. The van der Waals surface area contributed by atoms with Gasteiger partial charge in [-0.2, -0.15) is 0 Å². The van der Waals surface area contributed by atoms with Gasteiger partial charge >= 0.3 is 12.2 Å². The molecule has 2 aliphatic heterocycles. The molecule has 304 valence electrons. The number of ether oxygens (including phenoxy) is 2. The van der Waals surface area contributed by atoms with Crippen LogP contribution in [0, 0.1) is 11.8 Å². The fourth-order valence-corrected chi connectivity index (χ4v) is 10.8. The molecule has 2 saturated heterocycles. The minimum absolute atomic E-state index is 0.116. The minimum Gasteiger partial charge on any atom is -0.453 e. The molecule has 2 aliphatic rings. The summed E-state index contributed by atoms with van der Waals surface area (Å²) in [7, 11) is 2.59. The van der Waals surface area contributed by atoms with Crippen LogP contribution in [0.5, 0.6) is 0 Å². The van der Waals surface area contributed by atoms with Crippen LogP contribution in [0.3, 0.4) is 0 Å². The van der Waals surface area contributed by atoms with Crippen LogP contribution in [0.2, 0.25) is 0 Å². The molecule has 0 radical (unpaired) electrons. The highest BCUT2D eigenvalue weighted by molar-refractivity contribution is 7.31. The first-order valence-corrected chi connectivity index (χ1v) is 21.4. The van der Waals surface area contributed by atoms with Crippen molar-refractivity contribution >= 4 is 78.1 Å². The molecule has 8 rings (SSSR count). The Kier molecular flexibility index (Phi) is 10.9. The van der Waals surface area contributed by atoms with Gasteiger partial charge in [-0.25, -0.2) is 19.6 Å². The van der Waals surface area contributed by atoms with Gasteiger partial charge in [-0.1, -0.05) is 52.0 Å². The summed E-state index contributed by atoms with van der Waals surface area (Å²) in [5.74, 6) is 0.970. The van der Waals surface area contributed by atoms with E-state index in [1.54, 1.807) is 22.7 Å². The number of imidazole rings is 2. The van der Waals surface area contributed by atoms with Crippen LogP contribution in [0.15, 0.2) is 48.5 Å². The minimum atomic E-state index is -0.701. The summed E-state index contributed by atoms with van der Waals surface area (Å²) in [6.07, 6.45) is 1.98. The van der Waals surface area contributed by atoms with E-state index in [-0.39, 0.29) is 35.7 Å². The van der Waals surface area contributed by atoms with Gasteiger partial charge in [-0.05, 0) is 61.8 Å². The van der Waals surface area contributed by atoms with E-state index in [9.17, 15) is 19.2 Å². The number of carbonyl (C=O) groups is 4. The van der Waals surface area contributed by atoms with Crippen LogP contribution in [-0.4, -0.2) is 93.1 Å². The highest BCUT2D eigenvalue weighted by Gasteiger charge is 2.39. The zero-order valence-electron chi connectivity index (χ0n) is 33.4. The van der Waals surface area contributed by atoms with Crippen LogP contribution in [0.1, 0.15) is 77.1 Å². The molecule has 4 N–H and O–H groups in total. The number of likely N-dealkylation sites (tertiary alicyclic amines) is 2. The Balaban J connectivity index is 1.05. The molecule has 4 atom stereocenters. The van der Waals surface area contributed by atoms with Crippen LogP contribution >= 0.6 is 22.7 Å². The van der Waals surface area contributed by atoms with Crippen molar-refractivity contribution in [1.29, 1.82) is 0 Å². The second-order valence-corrected chi connectivity index (χ2v) is 17.9. The van der Waals surface area contributed by atoms with E-state index in [0.29, 0.717) is 13.1 Å². The summed E-state index contributed by atoms with van der Waals surface area (Å²) in [6, 6.07) is 14.8. The number of nitrogens with one attached hydrogen (secondary N) is 4. The molecule has 16 heteroatoms. The zero-order valence-corrected chi connectivity index (χ0v) is 35.0. The highest BCUT2D eigenvalue weighted by Crippen LogP contribution is 2.45. The Morgan fingerprint density at radius 3 is 1.48 bits per heavy atom. The third kappa shape index (κ3) is 7.27. The number of alkyl carbamates (subject to hydrolysis) is 2. The zero-order chi connectivity index (χ0) is 40.8. The molecule has 2 aromatic carbocycles. The fourth-order valence-electron chi connectivity index (χ4n) is 8.30. The van der Waals surface area contributed by atoms with Gasteiger partial charge in [0.25, 0.3) is 0 Å². The molecule has 2 unspecified atom stereocenters. The Labute approximate surface area is 343 Å². The summed E-state index contributed by atoms with van der Waals surface area (Å²) in [6.45, 7) is 8.81. The topological polar surface area (TPSA) is 175 Å². The number of methoxy groups -OCH3 is 2. The first kappa shape index (κ1) is 39.4. The van der Waals surface area contributed by atoms with Crippen molar-refractivity contribution in [2.75, 3.05) is 27.3 Å². The molecule has 58 heavy (non-hydrogen) atoms. The smallest absolute Gasteiger partial charge is 0.407 e. The Bertz CT molecular complexity index is 2320. The van der Waals surface area contributed by atoms with Crippen molar-refractivity contribution in [3.8, 4) is 20.9 Å². The van der Waals surface area contributed by atoms with Gasteiger partial charge in [0, 0.05) is 43.4 Å². The summed E-state index contributed by atoms with van der Waals surface area (Å²) in [5.41, 5.74) is 5.56. The molecule has 6 aromatic rings. The molecule has 0 saturated carbocycles. The van der Waals surface area contributed by atoms with Crippen LogP contribution < -0.4 is 10.6 Å². The second kappa shape index (κ2) is 16.0. The Hall–Kier alpha value is -5.48. The predicted octanol–water partition coefficient (Wildman–Crippen LogP) is 8.14. The maximum Gasteiger partial charge on any atom is 0.407 e. The molecule has 2 fully saturated rings. The third-order valence-electron chi connectivity index (χ3n) is 11.3. The van der Waals surface area contributed by atoms with Gasteiger partial charge in [0.05, 0.1) is 48.4 Å². The summed E-state index contributed by atoms with van der Waals surface area (Å²) >= 11 is 3.43. The molecule has 14 nitrogen and oxygen atoms in total. The fraction of sp³-hybridized carbons (Fsp3) is 0.429. The van der Waals surface area contributed by atoms with Crippen molar-refractivity contribution in [3.63, 3.8) is 0 Å². The number of para-hydroxylation sites is 2. The molecule has 6 heterocycles. The van der Waals surface area contributed by atoms with Crippen LogP contribution in [0.25, 0.3) is 52.3 Å². The number of aromatic nitrogens is 4. The number of fused-ring (bicyclic) bond motifs is 3. The number of hydrogen-bond donors (Lipinski definition) is 4. The van der Waals surface area contributed by atoms with E-state index in [1.807, 2.05) is 61.8 Å². The van der Waals surface area contributed by atoms with Gasteiger partial charge in [-0.15, -0.1) is 22.7 Å². The SMILES string of the molecule is COC(=O)N[C@H](C(=O)N1CCCC1c1nc2c(-c3cc4sc(-c5cccc6[nH]c(C7CCCN7C(=O)[C@@H](NC(=O)OC)C(C)C)nc56)cc4s3)cccc2[nH]1)C(C)C. The van der Waals surface area contributed by atoms with Crippen LogP contribution in [-0.2, 0) is 19.1 Å². The van der Waals surface area contributed by atoms with E-state index in [1.165, 1.54) is 14.2 Å². The lowest BCUT2D eigenvalue weighted by atomic mass is 10.0. The van der Waals surface area contributed by atoms with Gasteiger partial charge in [-0.3, -0.25) is 9.59 Å². The number of benzene rings is 2. The molecular formula is C42H48N8O6S2.